The first-order valence-corrected chi connectivity index (χ1v) is 25.7. The number of amides is 2. The lowest BCUT2D eigenvalue weighted by atomic mass is 9.82. The number of aliphatic hydroxyl groups excluding tert-OH is 2. The van der Waals surface area contributed by atoms with Gasteiger partial charge in [-0.15, -0.1) is 0 Å². The number of nitrogens with zero attached hydrogens (tertiary/aromatic N) is 2. The zero-order valence-corrected chi connectivity index (χ0v) is 42.3. The van der Waals surface area contributed by atoms with Crippen molar-refractivity contribution in [2.75, 3.05) is 6.54 Å². The van der Waals surface area contributed by atoms with Crippen LogP contribution in [0, 0.1) is 0 Å². The zero-order valence-electron chi connectivity index (χ0n) is 42.3. The van der Waals surface area contributed by atoms with E-state index in [1.54, 1.807) is 4.90 Å². The summed E-state index contributed by atoms with van der Waals surface area (Å²) in [5.74, 6) is -1.02. The molecule has 2 aromatic carbocycles. The number of phenolic OH excluding ortho intramolecular Hbond substituents is 2. The van der Waals surface area contributed by atoms with Crippen molar-refractivity contribution in [3.8, 4) is 23.0 Å². The number of ether oxygens (including phenoxy) is 2. The molecule has 0 saturated heterocycles. The minimum atomic E-state index is -1.22. The molecule has 0 unspecified atom stereocenters. The first-order valence-electron chi connectivity index (χ1n) is 25.7. The molecule has 5 atom stereocenters. The van der Waals surface area contributed by atoms with Crippen molar-refractivity contribution < 1.29 is 49.4 Å². The molecule has 69 heavy (non-hydrogen) atoms. The molecule has 4 heterocycles. The minimum absolute atomic E-state index is 0.0134. The Morgan fingerprint density at radius 2 is 1.12 bits per heavy atom. The van der Waals surface area contributed by atoms with Crippen LogP contribution in [0.15, 0.2) is 46.6 Å². The molecule has 6 aliphatic rings. The van der Waals surface area contributed by atoms with Crippen molar-refractivity contribution in [3.05, 3.63) is 91.1 Å². The predicted octanol–water partition coefficient (Wildman–Crippen LogP) is 10.8. The lowest BCUT2D eigenvalue weighted by molar-refractivity contribution is -0.142. The highest BCUT2D eigenvalue weighted by Crippen LogP contribution is 2.57. The Morgan fingerprint density at radius 3 is 1.55 bits per heavy atom. The van der Waals surface area contributed by atoms with E-state index in [1.165, 1.54) is 27.2 Å². The monoisotopic (exact) mass is 949 g/mol. The van der Waals surface area contributed by atoms with Gasteiger partial charge in [-0.3, -0.25) is 9.59 Å². The average Bonchev–Trinajstić information content (AvgIpc) is 4.22. The van der Waals surface area contributed by atoms with Gasteiger partial charge in [-0.2, -0.15) is 0 Å². The first-order chi connectivity index (χ1) is 32.7. The quantitative estimate of drug-likeness (QED) is 0.0803. The third-order valence-corrected chi connectivity index (χ3v) is 15.8. The van der Waals surface area contributed by atoms with E-state index in [2.05, 4.69) is 65.8 Å². The lowest BCUT2D eigenvalue weighted by Crippen LogP contribution is -2.49. The number of fused-ring (bicyclic) bond motifs is 6. The number of hydrogen-bond donors (Lipinski definition) is 5. The number of phenols is 2. The zero-order chi connectivity index (χ0) is 49.7. The minimum Gasteiger partial charge on any atom is -0.507 e. The molecular formula is C57H76N2O10. The van der Waals surface area contributed by atoms with E-state index in [0.29, 0.717) is 81.7 Å². The Labute approximate surface area is 408 Å². The number of carbonyl (C=O) groups is 3. The Bertz CT molecular complexity index is 2500. The maximum atomic E-state index is 14.6. The molecule has 0 radical (unpaired) electrons. The molecule has 8 rings (SSSR count). The molecule has 374 valence electrons. The van der Waals surface area contributed by atoms with E-state index in [1.807, 2.05) is 13.8 Å². The van der Waals surface area contributed by atoms with Crippen molar-refractivity contribution in [1.29, 1.82) is 0 Å². The van der Waals surface area contributed by atoms with Crippen molar-refractivity contribution in [2.24, 2.45) is 0 Å². The van der Waals surface area contributed by atoms with Gasteiger partial charge in [0.05, 0.1) is 36.4 Å². The van der Waals surface area contributed by atoms with Gasteiger partial charge in [0.1, 0.15) is 40.2 Å². The molecule has 12 heteroatoms. The van der Waals surface area contributed by atoms with Crippen LogP contribution in [-0.2, 0) is 30.7 Å². The van der Waals surface area contributed by atoms with E-state index < -0.39 is 41.3 Å². The molecule has 4 aliphatic heterocycles. The molecule has 0 spiro atoms. The Hall–Kier alpha value is -5.07. The summed E-state index contributed by atoms with van der Waals surface area (Å²) in [6.45, 7) is 16.8. The number of aliphatic carboxylic acids is 1. The van der Waals surface area contributed by atoms with Gasteiger partial charge in [0.15, 0.2) is 0 Å². The number of carboxylic acid groups (broad SMARTS) is 1. The van der Waals surface area contributed by atoms with Gasteiger partial charge in [-0.1, -0.05) is 46.6 Å². The number of aromatic hydroxyl groups is 2. The van der Waals surface area contributed by atoms with Crippen molar-refractivity contribution in [1.82, 2.24) is 9.80 Å². The van der Waals surface area contributed by atoms with Gasteiger partial charge in [0.25, 0.3) is 11.8 Å². The standard InChI is InChI=1S/C57H76N2O10/c1-32(2)14-9-16-34(5)18-11-25-56(7)43(60)28-38-49(62)45(36-21-22-36)47-40(51(38)68-56)30-58(53(47)64)27-13-20-42(55(66)67)59-31-41-48(54(59)65)46(37-23-24-37)50(63)39-29-44(61)57(8,69-52(39)41)26-12-19-35(6)17-10-15-33(3)4/h14-15,18-19,36-37,42-44,60-63H,9-13,16-17,20-31H2,1-8H3,(H,66,67)/b34-18+,35-19+/t42-,43-,44-,56+,57+/m0/s1. The van der Waals surface area contributed by atoms with E-state index in [9.17, 15) is 39.9 Å². The van der Waals surface area contributed by atoms with Crippen LogP contribution in [0.2, 0.25) is 0 Å². The molecule has 5 N–H and O–H groups in total. The summed E-state index contributed by atoms with van der Waals surface area (Å²) < 4.78 is 13.4. The second-order valence-corrected chi connectivity index (χ2v) is 22.1. The molecule has 0 aromatic heterocycles. The molecule has 2 fully saturated rings. The van der Waals surface area contributed by atoms with Gasteiger partial charge in [0, 0.05) is 52.8 Å². The van der Waals surface area contributed by atoms with Gasteiger partial charge < -0.3 is 44.8 Å². The van der Waals surface area contributed by atoms with Crippen LogP contribution in [0.3, 0.4) is 0 Å². The number of rotatable bonds is 20. The highest BCUT2D eigenvalue weighted by Gasteiger charge is 2.50. The van der Waals surface area contributed by atoms with Crippen molar-refractivity contribution in [3.63, 3.8) is 0 Å². The van der Waals surface area contributed by atoms with Crippen LogP contribution in [0.1, 0.15) is 211 Å². The average molecular weight is 949 g/mol. The molecular weight excluding hydrogens is 873 g/mol. The maximum Gasteiger partial charge on any atom is 0.326 e. The number of aliphatic hydroxyl groups is 2. The molecule has 2 amide bonds. The van der Waals surface area contributed by atoms with E-state index >= 15 is 0 Å². The summed E-state index contributed by atoms with van der Waals surface area (Å²) in [4.78, 5) is 45.3. The van der Waals surface area contributed by atoms with Crippen LogP contribution in [0.4, 0.5) is 0 Å². The molecule has 2 saturated carbocycles. The summed E-state index contributed by atoms with van der Waals surface area (Å²) in [5.41, 5.74) is 7.36. The summed E-state index contributed by atoms with van der Waals surface area (Å²) in [5, 5.41) is 57.4. The lowest BCUT2D eigenvalue weighted by Gasteiger charge is -2.41. The SMILES string of the molecule is CC(C)=CCC/C(C)=C/CC[C@@]1(C)Oc2c(c(O)c(C3CC3)c3c2CN(CCC[C@@H](C(=O)O)N2Cc4c5c(c(O)c(C6CC6)c4C2=O)C[C@H](O)[C@@](C)(CC/C=C(\C)CCC=C(C)C)O5)C3=O)C[C@@H]1O. The third-order valence-electron chi connectivity index (χ3n) is 15.8. The largest absolute Gasteiger partial charge is 0.507 e. The van der Waals surface area contributed by atoms with Gasteiger partial charge >= 0.3 is 5.97 Å². The topological polar surface area (TPSA) is 177 Å². The van der Waals surface area contributed by atoms with Crippen LogP contribution in [0.5, 0.6) is 23.0 Å². The predicted molar refractivity (Wildman–Crippen MR) is 266 cm³/mol. The van der Waals surface area contributed by atoms with E-state index in [4.69, 9.17) is 9.47 Å². The van der Waals surface area contributed by atoms with Crippen LogP contribution >= 0.6 is 0 Å². The normalized spacial score (nSPS) is 24.6. The smallest absolute Gasteiger partial charge is 0.326 e. The van der Waals surface area contributed by atoms with Crippen molar-refractivity contribution in [2.45, 2.75) is 213 Å². The summed E-state index contributed by atoms with van der Waals surface area (Å²) in [6, 6.07) is -1.22. The third kappa shape index (κ3) is 10.3. The number of benzene rings is 2. The number of carboxylic acids is 1. The maximum absolute atomic E-state index is 14.6. The molecule has 12 nitrogen and oxygen atoms in total. The Balaban J connectivity index is 0.982. The Morgan fingerprint density at radius 1 is 0.667 bits per heavy atom. The number of allylic oxidation sites excluding steroid dienone is 8. The van der Waals surface area contributed by atoms with Crippen LogP contribution in [-0.4, -0.2) is 89.1 Å². The summed E-state index contributed by atoms with van der Waals surface area (Å²) >= 11 is 0. The second-order valence-electron chi connectivity index (χ2n) is 22.1. The van der Waals surface area contributed by atoms with E-state index in [-0.39, 0.29) is 74.6 Å². The van der Waals surface area contributed by atoms with Gasteiger partial charge in [-0.25, -0.2) is 4.79 Å². The molecule has 2 aromatic rings. The fourth-order valence-electron chi connectivity index (χ4n) is 11.2. The van der Waals surface area contributed by atoms with Crippen LogP contribution < -0.4 is 9.47 Å². The van der Waals surface area contributed by atoms with Crippen molar-refractivity contribution >= 4 is 17.8 Å². The highest BCUT2D eigenvalue weighted by atomic mass is 16.5. The summed E-state index contributed by atoms with van der Waals surface area (Å²) in [6.07, 6.45) is 17.3. The van der Waals surface area contributed by atoms with Gasteiger partial charge in [-0.05, 0) is 157 Å². The van der Waals surface area contributed by atoms with Crippen LogP contribution in [0.25, 0.3) is 0 Å². The van der Waals surface area contributed by atoms with E-state index in [0.717, 1.165) is 51.4 Å². The summed E-state index contributed by atoms with van der Waals surface area (Å²) in [7, 11) is 0. The number of carbonyl (C=O) groups excluding carboxylic acids is 2. The van der Waals surface area contributed by atoms with Gasteiger partial charge in [0.2, 0.25) is 0 Å². The highest BCUT2D eigenvalue weighted by molar-refractivity contribution is 6.04. The molecule has 0 bridgehead atoms. The Kier molecular flexibility index (Phi) is 14.6. The first kappa shape index (κ1) is 50.3. The second kappa shape index (κ2) is 20.0. The molecule has 2 aliphatic carbocycles. The fraction of sp³-hybridized carbons (Fsp3) is 0.596. The number of hydrogen-bond acceptors (Lipinski definition) is 9. The fourth-order valence-corrected chi connectivity index (χ4v) is 11.2.